The lowest BCUT2D eigenvalue weighted by molar-refractivity contribution is 0.0122. The van der Waals surface area contributed by atoms with Crippen LogP contribution < -0.4 is 0 Å². The molecule has 1 saturated heterocycles. The second kappa shape index (κ2) is 5.75. The Bertz CT molecular complexity index is 569. The number of nitrogens with zero attached hydrogens (tertiary/aromatic N) is 4. The average Bonchev–Trinajstić information content (AvgIpc) is 3.08. The second-order valence-corrected chi connectivity index (χ2v) is 5.17. The molecule has 1 atom stereocenters. The van der Waals surface area contributed by atoms with Gasteiger partial charge in [0.25, 0.3) is 0 Å². The number of oxazole rings is 1. The quantitative estimate of drug-likeness (QED) is 0.858. The first-order chi connectivity index (χ1) is 9.76. The molecule has 20 heavy (non-hydrogen) atoms. The first-order valence-electron chi connectivity index (χ1n) is 7.23. The normalized spacial score (nSPS) is 19.4. The van der Waals surface area contributed by atoms with Crippen molar-refractivity contribution in [3.05, 3.63) is 29.2 Å². The lowest BCUT2D eigenvalue weighted by atomic mass is 10.1. The SMILES string of the molecule is CCc1nc(C)c(Cn2cc(C3CCCCO3)nn2)o1. The zero-order valence-corrected chi connectivity index (χ0v) is 12.0. The van der Waals surface area contributed by atoms with Gasteiger partial charge < -0.3 is 9.15 Å². The van der Waals surface area contributed by atoms with Gasteiger partial charge in [0.1, 0.15) is 24.1 Å². The van der Waals surface area contributed by atoms with Crippen molar-refractivity contribution < 1.29 is 9.15 Å². The van der Waals surface area contributed by atoms with Crippen LogP contribution in [-0.4, -0.2) is 26.6 Å². The summed E-state index contributed by atoms with van der Waals surface area (Å²) in [5, 5.41) is 8.38. The van der Waals surface area contributed by atoms with E-state index < -0.39 is 0 Å². The van der Waals surface area contributed by atoms with Gasteiger partial charge >= 0.3 is 0 Å². The molecule has 1 unspecified atom stereocenters. The van der Waals surface area contributed by atoms with Gasteiger partial charge in [-0.2, -0.15) is 0 Å². The molecule has 0 saturated carbocycles. The van der Waals surface area contributed by atoms with Gasteiger partial charge in [-0.15, -0.1) is 5.10 Å². The van der Waals surface area contributed by atoms with Gasteiger partial charge in [0.05, 0.1) is 11.9 Å². The summed E-state index contributed by atoms with van der Waals surface area (Å²) >= 11 is 0. The lowest BCUT2D eigenvalue weighted by Crippen LogP contribution is -2.11. The Balaban J connectivity index is 1.71. The van der Waals surface area contributed by atoms with Crippen molar-refractivity contribution in [1.29, 1.82) is 0 Å². The number of aryl methyl sites for hydroxylation is 2. The summed E-state index contributed by atoms with van der Waals surface area (Å²) < 4.78 is 13.2. The Morgan fingerprint density at radius 2 is 2.30 bits per heavy atom. The van der Waals surface area contributed by atoms with E-state index >= 15 is 0 Å². The molecule has 108 valence electrons. The number of rotatable bonds is 4. The Kier molecular flexibility index (Phi) is 3.82. The summed E-state index contributed by atoms with van der Waals surface area (Å²) in [7, 11) is 0. The lowest BCUT2D eigenvalue weighted by Gasteiger charge is -2.19. The van der Waals surface area contributed by atoms with Gasteiger partial charge in [0, 0.05) is 13.0 Å². The molecule has 1 fully saturated rings. The van der Waals surface area contributed by atoms with Gasteiger partial charge in [0.2, 0.25) is 0 Å². The highest BCUT2D eigenvalue weighted by atomic mass is 16.5. The fourth-order valence-electron chi connectivity index (χ4n) is 2.45. The minimum absolute atomic E-state index is 0.0968. The molecule has 1 aliphatic heterocycles. The molecule has 0 amide bonds. The van der Waals surface area contributed by atoms with Crippen LogP contribution in [0.4, 0.5) is 0 Å². The van der Waals surface area contributed by atoms with Crippen molar-refractivity contribution in [2.24, 2.45) is 0 Å². The first-order valence-corrected chi connectivity index (χ1v) is 7.23. The van der Waals surface area contributed by atoms with E-state index in [-0.39, 0.29) is 6.10 Å². The topological polar surface area (TPSA) is 66.0 Å². The highest BCUT2D eigenvalue weighted by Crippen LogP contribution is 2.26. The van der Waals surface area contributed by atoms with Gasteiger partial charge in [-0.3, -0.25) is 0 Å². The molecule has 0 N–H and O–H groups in total. The molecule has 0 bridgehead atoms. The Labute approximate surface area is 118 Å². The predicted octanol–water partition coefficient (Wildman–Crippen LogP) is 2.43. The number of hydrogen-bond donors (Lipinski definition) is 0. The third-order valence-electron chi connectivity index (χ3n) is 3.61. The van der Waals surface area contributed by atoms with Crippen molar-refractivity contribution >= 4 is 0 Å². The molecule has 2 aromatic rings. The zero-order valence-electron chi connectivity index (χ0n) is 12.0. The van der Waals surface area contributed by atoms with E-state index in [1.165, 1.54) is 6.42 Å². The number of aromatic nitrogens is 4. The maximum absolute atomic E-state index is 5.72. The Morgan fingerprint density at radius 1 is 1.40 bits per heavy atom. The molecular formula is C14H20N4O2. The van der Waals surface area contributed by atoms with Crippen LogP contribution in [0.2, 0.25) is 0 Å². The van der Waals surface area contributed by atoms with E-state index in [1.54, 1.807) is 4.68 Å². The molecule has 3 rings (SSSR count). The molecule has 0 aromatic carbocycles. The zero-order chi connectivity index (χ0) is 13.9. The standard InChI is InChI=1S/C14H20N4O2/c1-3-14-15-10(2)13(20-14)9-18-8-11(16-17-18)12-6-4-5-7-19-12/h8,12H,3-7,9H2,1-2H3. The maximum Gasteiger partial charge on any atom is 0.194 e. The number of hydrogen-bond acceptors (Lipinski definition) is 5. The minimum atomic E-state index is 0.0968. The molecule has 3 heterocycles. The van der Waals surface area contributed by atoms with Crippen molar-refractivity contribution in [1.82, 2.24) is 20.0 Å². The monoisotopic (exact) mass is 276 g/mol. The van der Waals surface area contributed by atoms with E-state index in [2.05, 4.69) is 15.3 Å². The summed E-state index contributed by atoms with van der Waals surface area (Å²) in [4.78, 5) is 4.37. The smallest absolute Gasteiger partial charge is 0.194 e. The van der Waals surface area contributed by atoms with E-state index in [0.717, 1.165) is 48.9 Å². The molecule has 0 radical (unpaired) electrons. The fourth-order valence-corrected chi connectivity index (χ4v) is 2.45. The van der Waals surface area contributed by atoms with E-state index in [9.17, 15) is 0 Å². The summed E-state index contributed by atoms with van der Waals surface area (Å²) in [6.07, 6.45) is 6.21. The molecule has 0 aliphatic carbocycles. The van der Waals surface area contributed by atoms with Gasteiger partial charge in [0.15, 0.2) is 5.89 Å². The summed E-state index contributed by atoms with van der Waals surface area (Å²) in [6, 6.07) is 0. The highest BCUT2D eigenvalue weighted by molar-refractivity contribution is 5.09. The van der Waals surface area contributed by atoms with Gasteiger partial charge in [-0.25, -0.2) is 9.67 Å². The maximum atomic E-state index is 5.72. The van der Waals surface area contributed by atoms with Crippen molar-refractivity contribution in [2.75, 3.05) is 6.61 Å². The average molecular weight is 276 g/mol. The molecule has 2 aromatic heterocycles. The van der Waals surface area contributed by atoms with E-state index in [0.29, 0.717) is 6.54 Å². The molecule has 1 aliphatic rings. The largest absolute Gasteiger partial charge is 0.443 e. The number of ether oxygens (including phenoxy) is 1. The second-order valence-electron chi connectivity index (χ2n) is 5.17. The van der Waals surface area contributed by atoms with Crippen LogP contribution >= 0.6 is 0 Å². The van der Waals surface area contributed by atoms with Crippen LogP contribution in [0, 0.1) is 6.92 Å². The molecule has 0 spiro atoms. The van der Waals surface area contributed by atoms with Crippen LogP contribution in [0.5, 0.6) is 0 Å². The van der Waals surface area contributed by atoms with Crippen LogP contribution in [0.1, 0.15) is 55.3 Å². The molecular weight excluding hydrogens is 256 g/mol. The van der Waals surface area contributed by atoms with Gasteiger partial charge in [-0.05, 0) is 26.2 Å². The van der Waals surface area contributed by atoms with Gasteiger partial charge in [-0.1, -0.05) is 12.1 Å². The Morgan fingerprint density at radius 3 is 3.00 bits per heavy atom. The van der Waals surface area contributed by atoms with Crippen molar-refractivity contribution in [3.8, 4) is 0 Å². The summed E-state index contributed by atoms with van der Waals surface area (Å²) in [5.74, 6) is 1.62. The van der Waals surface area contributed by atoms with Crippen LogP contribution in [0.25, 0.3) is 0 Å². The third kappa shape index (κ3) is 2.75. The molecule has 6 nitrogen and oxygen atoms in total. The van der Waals surface area contributed by atoms with Crippen LogP contribution in [0.15, 0.2) is 10.6 Å². The first kappa shape index (κ1) is 13.3. The van der Waals surface area contributed by atoms with Crippen LogP contribution in [-0.2, 0) is 17.7 Å². The Hall–Kier alpha value is -1.69. The van der Waals surface area contributed by atoms with Crippen molar-refractivity contribution in [3.63, 3.8) is 0 Å². The predicted molar refractivity (Wildman–Crippen MR) is 72.3 cm³/mol. The van der Waals surface area contributed by atoms with E-state index in [4.69, 9.17) is 9.15 Å². The summed E-state index contributed by atoms with van der Waals surface area (Å²) in [5.41, 5.74) is 1.84. The minimum Gasteiger partial charge on any atom is -0.443 e. The third-order valence-corrected chi connectivity index (χ3v) is 3.61. The fraction of sp³-hybridized carbons (Fsp3) is 0.643. The van der Waals surface area contributed by atoms with E-state index in [1.807, 2.05) is 20.0 Å². The van der Waals surface area contributed by atoms with Crippen molar-refractivity contribution in [2.45, 2.75) is 52.2 Å². The van der Waals surface area contributed by atoms with Crippen LogP contribution in [0.3, 0.4) is 0 Å². The highest BCUT2D eigenvalue weighted by Gasteiger charge is 2.19. The molecule has 6 heteroatoms. The summed E-state index contributed by atoms with van der Waals surface area (Å²) in [6.45, 7) is 5.38.